The number of carboxylic acids is 1. The van der Waals surface area contributed by atoms with Gasteiger partial charge in [0, 0.05) is 6.54 Å². The summed E-state index contributed by atoms with van der Waals surface area (Å²) in [5, 5.41) is 9.46. The number of carbonyl (C=O) groups is 2. The highest BCUT2D eigenvalue weighted by Crippen LogP contribution is 2.33. The predicted molar refractivity (Wildman–Crippen MR) is 132 cm³/mol. The number of para-hydroxylation sites is 1. The van der Waals surface area contributed by atoms with Crippen molar-refractivity contribution in [1.82, 2.24) is 4.90 Å². The summed E-state index contributed by atoms with van der Waals surface area (Å²) in [6, 6.07) is 18.3. The van der Waals surface area contributed by atoms with Crippen LogP contribution in [0.5, 0.6) is 5.75 Å². The molecule has 0 amide bonds. The fraction of sp³-hybridized carbons (Fsp3) is 0.500. The van der Waals surface area contributed by atoms with E-state index in [9.17, 15) is 14.7 Å². The Kier molecular flexibility index (Phi) is 9.95. The third kappa shape index (κ3) is 7.32. The van der Waals surface area contributed by atoms with Crippen LogP contribution in [0.2, 0.25) is 0 Å². The number of carbonyl (C=O) groups excluding carboxylic acids is 1. The molecule has 6 nitrogen and oxygen atoms in total. The van der Waals surface area contributed by atoms with Gasteiger partial charge in [0.05, 0.1) is 11.8 Å². The van der Waals surface area contributed by atoms with Gasteiger partial charge in [-0.2, -0.15) is 0 Å². The Morgan fingerprint density at radius 3 is 2.35 bits per heavy atom. The molecule has 3 rings (SSSR count). The molecular weight excluding hydrogens is 430 g/mol. The zero-order valence-electron chi connectivity index (χ0n) is 20.3. The lowest BCUT2D eigenvalue weighted by molar-refractivity contribution is -0.162. The van der Waals surface area contributed by atoms with Crippen LogP contribution in [-0.2, 0) is 27.2 Å². The molecule has 3 atom stereocenters. The van der Waals surface area contributed by atoms with E-state index in [2.05, 4.69) is 36.9 Å². The van der Waals surface area contributed by atoms with Gasteiger partial charge in [-0.1, -0.05) is 68.8 Å². The molecule has 0 spiro atoms. The van der Waals surface area contributed by atoms with Gasteiger partial charge in [-0.15, -0.1) is 0 Å². The second kappa shape index (κ2) is 13.1. The average Bonchev–Trinajstić information content (AvgIpc) is 3.36. The lowest BCUT2D eigenvalue weighted by Crippen LogP contribution is -2.40. The Labute approximate surface area is 202 Å². The van der Waals surface area contributed by atoms with Crippen LogP contribution >= 0.6 is 0 Å². The number of hydrogen-bond donors (Lipinski definition) is 1. The molecule has 2 aromatic carbocycles. The van der Waals surface area contributed by atoms with E-state index < -0.39 is 29.9 Å². The van der Waals surface area contributed by atoms with Gasteiger partial charge in [-0.05, 0) is 56.0 Å². The van der Waals surface area contributed by atoms with Crippen LogP contribution in [-0.4, -0.2) is 54.3 Å². The molecule has 0 aromatic heterocycles. The van der Waals surface area contributed by atoms with Gasteiger partial charge in [-0.25, -0.2) is 0 Å². The van der Waals surface area contributed by atoms with E-state index in [4.69, 9.17) is 9.47 Å². The van der Waals surface area contributed by atoms with E-state index in [1.54, 1.807) is 0 Å². The predicted octanol–water partition coefficient (Wildman–Crippen LogP) is 4.61. The Morgan fingerprint density at radius 2 is 1.65 bits per heavy atom. The first-order valence-electron chi connectivity index (χ1n) is 12.4. The van der Waals surface area contributed by atoms with Crippen molar-refractivity contribution < 1.29 is 24.2 Å². The number of rotatable bonds is 13. The molecule has 6 heteroatoms. The number of benzene rings is 2. The molecule has 0 heterocycles. The highest BCUT2D eigenvalue weighted by molar-refractivity contribution is 5.81. The molecule has 1 aliphatic carbocycles. The van der Waals surface area contributed by atoms with Crippen LogP contribution in [0.3, 0.4) is 0 Å². The molecule has 0 aliphatic heterocycles. The Balaban J connectivity index is 1.66. The van der Waals surface area contributed by atoms with Gasteiger partial charge in [0.25, 0.3) is 0 Å². The minimum absolute atomic E-state index is 0.231. The molecule has 0 bridgehead atoms. The Morgan fingerprint density at radius 1 is 0.971 bits per heavy atom. The number of nitrogens with zero attached hydrogens (tertiary/aromatic N) is 1. The lowest BCUT2D eigenvalue weighted by atomic mass is 9.96. The van der Waals surface area contributed by atoms with Crippen LogP contribution in [0.25, 0.3) is 0 Å². The monoisotopic (exact) mass is 467 g/mol. The molecule has 184 valence electrons. The van der Waals surface area contributed by atoms with E-state index in [-0.39, 0.29) is 6.61 Å². The molecular formula is C28H37NO5. The quantitative estimate of drug-likeness (QED) is 0.434. The van der Waals surface area contributed by atoms with Crippen molar-refractivity contribution in [2.24, 2.45) is 11.8 Å². The minimum Gasteiger partial charge on any atom is -0.489 e. The summed E-state index contributed by atoms with van der Waals surface area (Å²) in [7, 11) is 0. The second-order valence-corrected chi connectivity index (χ2v) is 8.93. The van der Waals surface area contributed by atoms with Crippen molar-refractivity contribution in [1.29, 1.82) is 0 Å². The standard InChI is InChI=1S/C28H37NO5/c1-3-29(4-2)19-23(34-28(32)25-15-10-14-24(25)27(30)31)20-33-26-16-9-8-13-22(26)18-17-21-11-6-5-7-12-21/h5-9,11-13,16,23-25H,3-4,10,14-15,17-20H2,1-2H3,(H,30,31). The average molecular weight is 468 g/mol. The van der Waals surface area contributed by atoms with E-state index in [1.807, 2.05) is 36.4 Å². The number of hydrogen-bond acceptors (Lipinski definition) is 5. The fourth-order valence-electron chi connectivity index (χ4n) is 4.64. The SMILES string of the molecule is CCN(CC)CC(COc1ccccc1CCc1ccccc1)OC(=O)C1CCCC1C(=O)O. The maximum absolute atomic E-state index is 12.9. The molecule has 1 saturated carbocycles. The van der Waals surface area contributed by atoms with Crippen molar-refractivity contribution in [2.45, 2.75) is 52.1 Å². The van der Waals surface area contributed by atoms with Crippen molar-refractivity contribution in [2.75, 3.05) is 26.2 Å². The highest BCUT2D eigenvalue weighted by Gasteiger charge is 2.39. The van der Waals surface area contributed by atoms with Gasteiger partial charge >= 0.3 is 11.9 Å². The Bertz CT molecular complexity index is 912. The van der Waals surface area contributed by atoms with Crippen molar-refractivity contribution in [3.05, 3.63) is 65.7 Å². The van der Waals surface area contributed by atoms with Crippen LogP contribution in [0.1, 0.15) is 44.2 Å². The van der Waals surface area contributed by atoms with Gasteiger partial charge in [0.15, 0.2) is 0 Å². The van der Waals surface area contributed by atoms with E-state index >= 15 is 0 Å². The highest BCUT2D eigenvalue weighted by atomic mass is 16.6. The number of likely N-dealkylation sites (N-methyl/N-ethyl adjacent to an activating group) is 1. The molecule has 0 saturated heterocycles. The number of aliphatic carboxylic acids is 1. The zero-order chi connectivity index (χ0) is 24.3. The van der Waals surface area contributed by atoms with Gasteiger partial charge < -0.3 is 19.5 Å². The summed E-state index contributed by atoms with van der Waals surface area (Å²) in [5.41, 5.74) is 2.39. The Hall–Kier alpha value is -2.86. The van der Waals surface area contributed by atoms with Crippen LogP contribution in [0.15, 0.2) is 54.6 Å². The zero-order valence-corrected chi connectivity index (χ0v) is 20.3. The van der Waals surface area contributed by atoms with Crippen LogP contribution in [0.4, 0.5) is 0 Å². The van der Waals surface area contributed by atoms with Gasteiger partial charge in [0.2, 0.25) is 0 Å². The van der Waals surface area contributed by atoms with Gasteiger partial charge in [-0.3, -0.25) is 9.59 Å². The smallest absolute Gasteiger partial charge is 0.310 e. The summed E-state index contributed by atoms with van der Waals surface area (Å²) in [4.78, 5) is 26.6. The molecule has 3 unspecified atom stereocenters. The molecule has 1 N–H and O–H groups in total. The minimum atomic E-state index is -0.914. The summed E-state index contributed by atoms with van der Waals surface area (Å²) >= 11 is 0. The number of ether oxygens (including phenoxy) is 2. The topological polar surface area (TPSA) is 76.1 Å². The third-order valence-corrected chi connectivity index (χ3v) is 6.70. The maximum Gasteiger partial charge on any atom is 0.310 e. The molecule has 1 aliphatic rings. The number of carboxylic acid groups (broad SMARTS) is 1. The summed E-state index contributed by atoms with van der Waals surface area (Å²) < 4.78 is 12.1. The molecule has 2 aromatic rings. The first-order chi connectivity index (χ1) is 16.5. The van der Waals surface area contributed by atoms with Crippen LogP contribution in [0, 0.1) is 11.8 Å². The summed E-state index contributed by atoms with van der Waals surface area (Å²) in [6.07, 6.45) is 3.13. The van der Waals surface area contributed by atoms with E-state index in [0.29, 0.717) is 19.4 Å². The normalized spacial score (nSPS) is 18.6. The number of esters is 1. The third-order valence-electron chi connectivity index (χ3n) is 6.70. The van der Waals surface area contributed by atoms with Crippen LogP contribution < -0.4 is 4.74 Å². The van der Waals surface area contributed by atoms with Crippen molar-refractivity contribution in [3.8, 4) is 5.75 Å². The number of aryl methyl sites for hydroxylation is 2. The summed E-state index contributed by atoms with van der Waals surface area (Å²) in [6.45, 7) is 6.59. The van der Waals surface area contributed by atoms with E-state index in [1.165, 1.54) is 5.56 Å². The van der Waals surface area contributed by atoms with Gasteiger partial charge in [0.1, 0.15) is 18.5 Å². The van der Waals surface area contributed by atoms with E-state index in [0.717, 1.165) is 43.7 Å². The summed E-state index contributed by atoms with van der Waals surface area (Å²) in [5.74, 6) is -1.76. The molecule has 0 radical (unpaired) electrons. The maximum atomic E-state index is 12.9. The molecule has 1 fully saturated rings. The molecule has 34 heavy (non-hydrogen) atoms. The lowest BCUT2D eigenvalue weighted by Gasteiger charge is -2.27. The first kappa shape index (κ1) is 25.8. The first-order valence-corrected chi connectivity index (χ1v) is 12.4. The van der Waals surface area contributed by atoms with Crippen molar-refractivity contribution >= 4 is 11.9 Å². The largest absolute Gasteiger partial charge is 0.489 e. The van der Waals surface area contributed by atoms with Crippen molar-refractivity contribution in [3.63, 3.8) is 0 Å². The second-order valence-electron chi connectivity index (χ2n) is 8.93. The fourth-order valence-corrected chi connectivity index (χ4v) is 4.64.